The summed E-state index contributed by atoms with van der Waals surface area (Å²) in [6.07, 6.45) is 5.95. The fraction of sp³-hybridized carbons (Fsp3) is 0.714. The summed E-state index contributed by atoms with van der Waals surface area (Å²) in [5.41, 5.74) is 2.10. The lowest BCUT2D eigenvalue weighted by atomic mass is 9.97. The van der Waals surface area contributed by atoms with E-state index in [2.05, 4.69) is 41.1 Å². The quantitative estimate of drug-likeness (QED) is 0.887. The molecule has 0 radical (unpaired) electrons. The van der Waals surface area contributed by atoms with E-state index in [1.165, 1.54) is 19.4 Å². The maximum absolute atomic E-state index is 4.44. The molecule has 2 rings (SSSR count). The SMILES string of the molecule is Cc1nccnc1C(C)NC1CCN(C)C(C)C1. The van der Waals surface area contributed by atoms with E-state index in [1.807, 2.05) is 6.92 Å². The summed E-state index contributed by atoms with van der Waals surface area (Å²) in [6.45, 7) is 7.68. The van der Waals surface area contributed by atoms with Crippen LogP contribution in [0.2, 0.25) is 0 Å². The normalized spacial score (nSPS) is 27.1. The molecule has 1 aliphatic rings. The first-order chi connectivity index (χ1) is 8.58. The van der Waals surface area contributed by atoms with Gasteiger partial charge in [-0.2, -0.15) is 0 Å². The smallest absolute Gasteiger partial charge is 0.0782 e. The number of aryl methyl sites for hydroxylation is 1. The van der Waals surface area contributed by atoms with E-state index in [1.54, 1.807) is 12.4 Å². The summed E-state index contributed by atoms with van der Waals surface area (Å²) < 4.78 is 0. The van der Waals surface area contributed by atoms with E-state index < -0.39 is 0 Å². The minimum Gasteiger partial charge on any atom is -0.306 e. The molecule has 3 atom stereocenters. The fourth-order valence-electron chi connectivity index (χ4n) is 2.72. The van der Waals surface area contributed by atoms with Gasteiger partial charge in [-0.3, -0.25) is 9.97 Å². The molecule has 0 spiro atoms. The number of nitrogens with one attached hydrogen (secondary N) is 1. The molecule has 0 aromatic carbocycles. The number of nitrogens with zero attached hydrogens (tertiary/aromatic N) is 3. The van der Waals surface area contributed by atoms with Crippen LogP contribution in [-0.2, 0) is 0 Å². The lowest BCUT2D eigenvalue weighted by Gasteiger charge is -2.36. The van der Waals surface area contributed by atoms with Crippen LogP contribution < -0.4 is 5.32 Å². The van der Waals surface area contributed by atoms with Gasteiger partial charge < -0.3 is 10.2 Å². The molecule has 1 aromatic rings. The molecule has 100 valence electrons. The lowest BCUT2D eigenvalue weighted by Crippen LogP contribution is -2.46. The third-order valence-corrected chi connectivity index (χ3v) is 4.02. The fourth-order valence-corrected chi connectivity index (χ4v) is 2.72. The van der Waals surface area contributed by atoms with Crippen LogP contribution in [0.4, 0.5) is 0 Å². The van der Waals surface area contributed by atoms with Crippen molar-refractivity contribution < 1.29 is 0 Å². The van der Waals surface area contributed by atoms with Gasteiger partial charge in [-0.25, -0.2) is 0 Å². The predicted molar refractivity (Wildman–Crippen MR) is 73.4 cm³/mol. The Morgan fingerprint density at radius 2 is 2.11 bits per heavy atom. The van der Waals surface area contributed by atoms with Crippen LogP contribution in [0.1, 0.15) is 44.1 Å². The van der Waals surface area contributed by atoms with Crippen molar-refractivity contribution in [3.8, 4) is 0 Å². The van der Waals surface area contributed by atoms with Gasteiger partial charge in [0, 0.05) is 30.5 Å². The Kier molecular flexibility index (Phi) is 4.30. The Labute approximate surface area is 110 Å². The molecular weight excluding hydrogens is 224 g/mol. The highest BCUT2D eigenvalue weighted by atomic mass is 15.1. The van der Waals surface area contributed by atoms with Crippen molar-refractivity contribution >= 4 is 0 Å². The van der Waals surface area contributed by atoms with Gasteiger partial charge in [0.25, 0.3) is 0 Å². The standard InChI is InChI=1S/C14H24N4/c1-10-9-13(5-8-18(10)4)17-12(3)14-11(2)15-6-7-16-14/h6-7,10,12-13,17H,5,8-9H2,1-4H3. The molecule has 1 N–H and O–H groups in total. The Balaban J connectivity index is 1.96. The summed E-state index contributed by atoms with van der Waals surface area (Å²) in [5.74, 6) is 0. The van der Waals surface area contributed by atoms with Crippen LogP contribution in [0.15, 0.2) is 12.4 Å². The summed E-state index contributed by atoms with van der Waals surface area (Å²) in [4.78, 5) is 11.2. The van der Waals surface area contributed by atoms with Gasteiger partial charge in [0.1, 0.15) is 0 Å². The Hall–Kier alpha value is -1.00. The molecular formula is C14H24N4. The number of rotatable bonds is 3. The largest absolute Gasteiger partial charge is 0.306 e. The second-order valence-corrected chi connectivity index (χ2v) is 5.47. The zero-order valence-corrected chi connectivity index (χ0v) is 11.8. The van der Waals surface area contributed by atoms with Crippen LogP contribution in [0, 0.1) is 6.92 Å². The van der Waals surface area contributed by atoms with E-state index in [9.17, 15) is 0 Å². The second kappa shape index (κ2) is 5.76. The molecule has 4 heteroatoms. The first-order valence-corrected chi connectivity index (χ1v) is 6.81. The number of hydrogen-bond acceptors (Lipinski definition) is 4. The summed E-state index contributed by atoms with van der Waals surface area (Å²) >= 11 is 0. The molecule has 1 aromatic heterocycles. The van der Waals surface area contributed by atoms with Crippen LogP contribution in [-0.4, -0.2) is 40.5 Å². The highest BCUT2D eigenvalue weighted by molar-refractivity contribution is 5.12. The van der Waals surface area contributed by atoms with Crippen LogP contribution in [0.5, 0.6) is 0 Å². The third-order valence-electron chi connectivity index (χ3n) is 4.02. The molecule has 4 nitrogen and oxygen atoms in total. The Bertz CT molecular complexity index is 393. The molecule has 0 aliphatic carbocycles. The Morgan fingerprint density at radius 3 is 2.78 bits per heavy atom. The van der Waals surface area contributed by atoms with Crippen LogP contribution >= 0.6 is 0 Å². The van der Waals surface area contributed by atoms with Crippen molar-refractivity contribution in [3.05, 3.63) is 23.8 Å². The summed E-state index contributed by atoms with van der Waals surface area (Å²) in [7, 11) is 2.21. The molecule has 0 amide bonds. The molecule has 2 heterocycles. The van der Waals surface area contributed by atoms with Crippen molar-refractivity contribution in [1.82, 2.24) is 20.2 Å². The zero-order chi connectivity index (χ0) is 13.1. The van der Waals surface area contributed by atoms with E-state index in [0.29, 0.717) is 12.1 Å². The van der Waals surface area contributed by atoms with Crippen molar-refractivity contribution in [1.29, 1.82) is 0 Å². The maximum atomic E-state index is 4.44. The zero-order valence-electron chi connectivity index (χ0n) is 11.8. The highest BCUT2D eigenvalue weighted by Gasteiger charge is 2.24. The number of likely N-dealkylation sites (tertiary alicyclic amines) is 1. The summed E-state index contributed by atoms with van der Waals surface area (Å²) in [5, 5.41) is 3.70. The lowest BCUT2D eigenvalue weighted by molar-refractivity contribution is 0.163. The van der Waals surface area contributed by atoms with Crippen molar-refractivity contribution in [2.75, 3.05) is 13.6 Å². The van der Waals surface area contributed by atoms with Gasteiger partial charge in [0.15, 0.2) is 0 Å². The molecule has 1 fully saturated rings. The first-order valence-electron chi connectivity index (χ1n) is 6.81. The van der Waals surface area contributed by atoms with E-state index in [4.69, 9.17) is 0 Å². The maximum Gasteiger partial charge on any atom is 0.0782 e. The van der Waals surface area contributed by atoms with E-state index in [-0.39, 0.29) is 6.04 Å². The van der Waals surface area contributed by atoms with Crippen molar-refractivity contribution in [2.24, 2.45) is 0 Å². The molecule has 3 unspecified atom stereocenters. The van der Waals surface area contributed by atoms with Crippen molar-refractivity contribution in [2.45, 2.75) is 51.7 Å². The van der Waals surface area contributed by atoms with E-state index >= 15 is 0 Å². The van der Waals surface area contributed by atoms with Gasteiger partial charge in [-0.1, -0.05) is 0 Å². The Morgan fingerprint density at radius 1 is 1.39 bits per heavy atom. The molecule has 1 aliphatic heterocycles. The molecule has 1 saturated heterocycles. The highest BCUT2D eigenvalue weighted by Crippen LogP contribution is 2.19. The molecule has 0 saturated carbocycles. The number of piperidine rings is 1. The predicted octanol–water partition coefficient (Wildman–Crippen LogP) is 1.92. The first kappa shape index (κ1) is 13.4. The average Bonchev–Trinajstić information content (AvgIpc) is 2.34. The van der Waals surface area contributed by atoms with Gasteiger partial charge in [-0.05, 0) is 47.2 Å². The van der Waals surface area contributed by atoms with Gasteiger partial charge in [0.05, 0.1) is 11.4 Å². The third kappa shape index (κ3) is 3.06. The topological polar surface area (TPSA) is 41.1 Å². The van der Waals surface area contributed by atoms with Gasteiger partial charge in [-0.15, -0.1) is 0 Å². The van der Waals surface area contributed by atoms with Gasteiger partial charge >= 0.3 is 0 Å². The monoisotopic (exact) mass is 248 g/mol. The molecule has 0 bridgehead atoms. The second-order valence-electron chi connectivity index (χ2n) is 5.47. The minimum absolute atomic E-state index is 0.277. The van der Waals surface area contributed by atoms with Crippen molar-refractivity contribution in [3.63, 3.8) is 0 Å². The molecule has 18 heavy (non-hydrogen) atoms. The van der Waals surface area contributed by atoms with Crippen LogP contribution in [0.3, 0.4) is 0 Å². The summed E-state index contributed by atoms with van der Waals surface area (Å²) in [6, 6.07) is 1.53. The minimum atomic E-state index is 0.277. The van der Waals surface area contributed by atoms with Crippen LogP contribution in [0.25, 0.3) is 0 Å². The van der Waals surface area contributed by atoms with E-state index in [0.717, 1.165) is 11.4 Å². The number of hydrogen-bond donors (Lipinski definition) is 1. The average molecular weight is 248 g/mol. The number of aromatic nitrogens is 2. The van der Waals surface area contributed by atoms with Gasteiger partial charge in [0.2, 0.25) is 0 Å².